The second-order valence-corrected chi connectivity index (χ2v) is 5.77. The molecule has 16 heavy (non-hydrogen) atoms. The van der Waals surface area contributed by atoms with Crippen LogP contribution >= 0.6 is 11.3 Å². The molecule has 4 heteroatoms. The zero-order valence-electron chi connectivity index (χ0n) is 10.8. The van der Waals surface area contributed by atoms with Crippen LogP contribution in [0.5, 0.6) is 0 Å². The van der Waals surface area contributed by atoms with E-state index in [0.29, 0.717) is 18.0 Å². The van der Waals surface area contributed by atoms with Gasteiger partial charge in [0.1, 0.15) is 5.01 Å². The van der Waals surface area contributed by atoms with Crippen molar-refractivity contribution in [2.24, 2.45) is 5.92 Å². The first-order chi connectivity index (χ1) is 7.54. The molecule has 0 spiro atoms. The van der Waals surface area contributed by atoms with E-state index in [4.69, 9.17) is 4.74 Å². The standard InChI is InChI=1S/C12H22N2OS/c1-8(2)11(7-15-5)14-10(4)12-13-6-9(3)16-12/h6,8,10-11,14H,7H2,1-5H3/t10-,11-/m1/s1. The molecule has 2 atom stereocenters. The fourth-order valence-electron chi connectivity index (χ4n) is 1.58. The molecule has 0 saturated carbocycles. The predicted molar refractivity (Wildman–Crippen MR) is 68.9 cm³/mol. The second kappa shape index (κ2) is 6.33. The Hall–Kier alpha value is -0.450. The van der Waals surface area contributed by atoms with Crippen molar-refractivity contribution in [3.63, 3.8) is 0 Å². The highest BCUT2D eigenvalue weighted by atomic mass is 32.1. The van der Waals surface area contributed by atoms with Crippen LogP contribution in [0.2, 0.25) is 0 Å². The maximum atomic E-state index is 5.23. The van der Waals surface area contributed by atoms with E-state index in [0.717, 1.165) is 11.6 Å². The maximum absolute atomic E-state index is 5.23. The Labute approximate surface area is 102 Å². The smallest absolute Gasteiger partial charge is 0.109 e. The van der Waals surface area contributed by atoms with Crippen molar-refractivity contribution in [3.05, 3.63) is 16.1 Å². The first kappa shape index (κ1) is 13.6. The van der Waals surface area contributed by atoms with Gasteiger partial charge in [-0.05, 0) is 19.8 Å². The normalized spacial score (nSPS) is 15.4. The second-order valence-electron chi connectivity index (χ2n) is 4.50. The van der Waals surface area contributed by atoms with Crippen molar-refractivity contribution in [2.75, 3.05) is 13.7 Å². The molecule has 0 bridgehead atoms. The van der Waals surface area contributed by atoms with Gasteiger partial charge in [0.2, 0.25) is 0 Å². The highest BCUT2D eigenvalue weighted by molar-refractivity contribution is 7.11. The lowest BCUT2D eigenvalue weighted by Crippen LogP contribution is -2.39. The highest BCUT2D eigenvalue weighted by Gasteiger charge is 2.18. The van der Waals surface area contributed by atoms with Gasteiger partial charge in [-0.2, -0.15) is 0 Å². The Kier molecular flexibility index (Phi) is 5.38. The lowest BCUT2D eigenvalue weighted by molar-refractivity contribution is 0.141. The molecule has 92 valence electrons. The molecule has 0 unspecified atom stereocenters. The summed E-state index contributed by atoms with van der Waals surface area (Å²) in [5.41, 5.74) is 0. The van der Waals surface area contributed by atoms with Gasteiger partial charge in [0.25, 0.3) is 0 Å². The topological polar surface area (TPSA) is 34.1 Å². The molecule has 3 nitrogen and oxygen atoms in total. The third kappa shape index (κ3) is 3.85. The third-order valence-corrected chi connectivity index (χ3v) is 3.72. The number of hydrogen-bond acceptors (Lipinski definition) is 4. The molecule has 0 aliphatic heterocycles. The number of methoxy groups -OCH3 is 1. The maximum Gasteiger partial charge on any atom is 0.109 e. The fourth-order valence-corrected chi connectivity index (χ4v) is 2.36. The van der Waals surface area contributed by atoms with E-state index in [1.54, 1.807) is 18.4 Å². The van der Waals surface area contributed by atoms with Gasteiger partial charge in [0.15, 0.2) is 0 Å². The molecule has 1 rings (SSSR count). The molecule has 0 aliphatic carbocycles. The van der Waals surface area contributed by atoms with Crippen molar-refractivity contribution in [1.29, 1.82) is 0 Å². The van der Waals surface area contributed by atoms with Gasteiger partial charge in [-0.25, -0.2) is 4.98 Å². The van der Waals surface area contributed by atoms with Gasteiger partial charge in [-0.3, -0.25) is 0 Å². The number of hydrogen-bond donors (Lipinski definition) is 1. The molecule has 0 amide bonds. The van der Waals surface area contributed by atoms with E-state index < -0.39 is 0 Å². The minimum atomic E-state index is 0.293. The van der Waals surface area contributed by atoms with Gasteiger partial charge in [-0.1, -0.05) is 13.8 Å². The first-order valence-corrected chi connectivity index (χ1v) is 6.53. The van der Waals surface area contributed by atoms with Crippen molar-refractivity contribution >= 4 is 11.3 Å². The Morgan fingerprint density at radius 2 is 2.12 bits per heavy atom. The number of rotatable bonds is 6. The van der Waals surface area contributed by atoms with Crippen LogP contribution in [-0.4, -0.2) is 24.7 Å². The Bertz CT molecular complexity index is 312. The zero-order valence-corrected chi connectivity index (χ0v) is 11.6. The van der Waals surface area contributed by atoms with Gasteiger partial charge in [0.05, 0.1) is 12.6 Å². The third-order valence-electron chi connectivity index (χ3n) is 2.62. The molecular weight excluding hydrogens is 220 g/mol. The van der Waals surface area contributed by atoms with Gasteiger partial charge in [0, 0.05) is 24.2 Å². The Balaban J connectivity index is 2.57. The number of aromatic nitrogens is 1. The molecule has 1 N–H and O–H groups in total. The van der Waals surface area contributed by atoms with Crippen LogP contribution in [0.3, 0.4) is 0 Å². The molecule has 1 aromatic rings. The van der Waals surface area contributed by atoms with Crippen LogP contribution in [-0.2, 0) is 4.74 Å². The molecular formula is C12H22N2OS. The summed E-state index contributed by atoms with van der Waals surface area (Å²) >= 11 is 1.75. The van der Waals surface area contributed by atoms with E-state index in [9.17, 15) is 0 Å². The van der Waals surface area contributed by atoms with Crippen LogP contribution in [0.15, 0.2) is 6.20 Å². The minimum absolute atomic E-state index is 0.293. The van der Waals surface area contributed by atoms with Crippen molar-refractivity contribution in [1.82, 2.24) is 10.3 Å². The van der Waals surface area contributed by atoms with Crippen LogP contribution in [0.1, 0.15) is 36.7 Å². The summed E-state index contributed by atoms with van der Waals surface area (Å²) in [6.45, 7) is 9.39. The molecule has 0 saturated heterocycles. The predicted octanol–water partition coefficient (Wildman–Crippen LogP) is 2.77. The minimum Gasteiger partial charge on any atom is -0.383 e. The molecule has 0 fully saturated rings. The van der Waals surface area contributed by atoms with Crippen molar-refractivity contribution < 1.29 is 4.74 Å². The van der Waals surface area contributed by atoms with E-state index in [1.165, 1.54) is 4.88 Å². The molecule has 1 aromatic heterocycles. The van der Waals surface area contributed by atoms with Crippen LogP contribution in [0.25, 0.3) is 0 Å². The van der Waals surface area contributed by atoms with Crippen molar-refractivity contribution in [3.8, 4) is 0 Å². The summed E-state index contributed by atoms with van der Waals surface area (Å²) in [5, 5.41) is 4.72. The first-order valence-electron chi connectivity index (χ1n) is 5.72. The summed E-state index contributed by atoms with van der Waals surface area (Å²) in [6, 6.07) is 0.672. The number of ether oxygens (including phenoxy) is 1. The number of thiazole rings is 1. The van der Waals surface area contributed by atoms with Gasteiger partial charge >= 0.3 is 0 Å². The Morgan fingerprint density at radius 1 is 1.44 bits per heavy atom. The van der Waals surface area contributed by atoms with Gasteiger partial charge < -0.3 is 10.1 Å². The molecule has 0 radical (unpaired) electrons. The average Bonchev–Trinajstić information content (AvgIpc) is 2.64. The lowest BCUT2D eigenvalue weighted by atomic mass is 10.0. The monoisotopic (exact) mass is 242 g/mol. The quantitative estimate of drug-likeness (QED) is 0.833. The van der Waals surface area contributed by atoms with E-state index >= 15 is 0 Å². The SMILES string of the molecule is COC[C@@H](N[C@H](C)c1ncc(C)s1)C(C)C. The summed E-state index contributed by atoms with van der Waals surface area (Å²) in [5.74, 6) is 0.559. The summed E-state index contributed by atoms with van der Waals surface area (Å²) < 4.78 is 5.23. The van der Waals surface area contributed by atoms with E-state index in [1.807, 2.05) is 6.20 Å². The highest BCUT2D eigenvalue weighted by Crippen LogP contribution is 2.20. The molecule has 0 aliphatic rings. The fraction of sp³-hybridized carbons (Fsp3) is 0.750. The zero-order chi connectivity index (χ0) is 12.1. The van der Waals surface area contributed by atoms with Crippen LogP contribution in [0, 0.1) is 12.8 Å². The average molecular weight is 242 g/mol. The van der Waals surface area contributed by atoms with Crippen molar-refractivity contribution in [2.45, 2.75) is 39.8 Å². The number of nitrogens with one attached hydrogen (secondary N) is 1. The summed E-state index contributed by atoms with van der Waals surface area (Å²) in [4.78, 5) is 5.66. The Morgan fingerprint density at radius 3 is 2.56 bits per heavy atom. The van der Waals surface area contributed by atoms with Crippen LogP contribution < -0.4 is 5.32 Å². The summed E-state index contributed by atoms with van der Waals surface area (Å²) in [7, 11) is 1.75. The van der Waals surface area contributed by atoms with E-state index in [2.05, 4.69) is 38.0 Å². The lowest BCUT2D eigenvalue weighted by Gasteiger charge is -2.24. The van der Waals surface area contributed by atoms with Crippen LogP contribution in [0.4, 0.5) is 0 Å². The number of nitrogens with zero attached hydrogens (tertiary/aromatic N) is 1. The van der Waals surface area contributed by atoms with E-state index in [-0.39, 0.29) is 0 Å². The molecule has 0 aromatic carbocycles. The largest absolute Gasteiger partial charge is 0.383 e. The molecule has 1 heterocycles. The van der Waals surface area contributed by atoms with Gasteiger partial charge in [-0.15, -0.1) is 11.3 Å². The number of aryl methyl sites for hydroxylation is 1. The summed E-state index contributed by atoms with van der Waals surface area (Å²) in [6.07, 6.45) is 1.93.